The van der Waals surface area contributed by atoms with Crippen molar-refractivity contribution in [2.75, 3.05) is 6.61 Å². The lowest BCUT2D eigenvalue weighted by molar-refractivity contribution is -0.509. The van der Waals surface area contributed by atoms with Crippen molar-refractivity contribution < 1.29 is 9.84 Å². The summed E-state index contributed by atoms with van der Waals surface area (Å²) in [5, 5.41) is 10.7. The molecule has 2 atom stereocenters. The smallest absolute Gasteiger partial charge is 0.0451 e. The maximum atomic E-state index is 10.7. The summed E-state index contributed by atoms with van der Waals surface area (Å²) in [6.07, 6.45) is 1.34. The fourth-order valence-corrected chi connectivity index (χ4v) is 0.905. The molecular weight excluding hydrogens is 104 g/mol. The minimum absolute atomic E-state index is 0.226. The van der Waals surface area contributed by atoms with Crippen LogP contribution in [0.4, 0.5) is 0 Å². The Bertz CT molecular complexity index is 62.9. The van der Waals surface area contributed by atoms with Crippen molar-refractivity contribution in [3.8, 4) is 0 Å². The van der Waals surface area contributed by atoms with Crippen LogP contribution in [-0.4, -0.2) is 12.9 Å². The third-order valence-electron chi connectivity index (χ3n) is 1.55. The van der Waals surface area contributed by atoms with Crippen LogP contribution in [-0.2, 0) is 4.74 Å². The van der Waals surface area contributed by atoms with Crippen molar-refractivity contribution in [3.05, 3.63) is 0 Å². The first kappa shape index (κ1) is 6.05. The van der Waals surface area contributed by atoms with Gasteiger partial charge < -0.3 is 9.84 Å². The SMILES string of the molecule is CC1CCCOC1[O-]. The van der Waals surface area contributed by atoms with Gasteiger partial charge in [0.05, 0.1) is 0 Å². The van der Waals surface area contributed by atoms with Crippen molar-refractivity contribution in [2.24, 2.45) is 5.92 Å². The van der Waals surface area contributed by atoms with Gasteiger partial charge in [-0.25, -0.2) is 0 Å². The molecule has 1 rings (SSSR count). The van der Waals surface area contributed by atoms with E-state index in [2.05, 4.69) is 0 Å². The molecule has 0 spiro atoms. The molecule has 2 heteroatoms. The average molecular weight is 115 g/mol. The second kappa shape index (κ2) is 2.46. The van der Waals surface area contributed by atoms with E-state index in [9.17, 15) is 5.11 Å². The molecule has 0 aliphatic carbocycles. The summed E-state index contributed by atoms with van der Waals surface area (Å²) < 4.78 is 4.83. The molecule has 1 fully saturated rings. The summed E-state index contributed by atoms with van der Waals surface area (Å²) >= 11 is 0. The van der Waals surface area contributed by atoms with E-state index in [0.29, 0.717) is 6.61 Å². The molecule has 0 N–H and O–H groups in total. The molecule has 1 heterocycles. The summed E-state index contributed by atoms with van der Waals surface area (Å²) in [4.78, 5) is 0. The van der Waals surface area contributed by atoms with E-state index in [-0.39, 0.29) is 5.92 Å². The molecule has 0 aromatic carbocycles. The maximum absolute atomic E-state index is 10.7. The first-order valence-electron chi connectivity index (χ1n) is 3.08. The quantitative estimate of drug-likeness (QED) is 0.449. The number of hydrogen-bond acceptors (Lipinski definition) is 2. The van der Waals surface area contributed by atoms with Gasteiger partial charge in [0.2, 0.25) is 0 Å². The summed E-state index contributed by atoms with van der Waals surface area (Å²) in [5.41, 5.74) is 0. The van der Waals surface area contributed by atoms with Crippen LogP contribution in [0.5, 0.6) is 0 Å². The Balaban J connectivity index is 2.28. The van der Waals surface area contributed by atoms with E-state index in [1.807, 2.05) is 6.92 Å². The largest absolute Gasteiger partial charge is 0.831 e. The molecular formula is C6H11O2-. The van der Waals surface area contributed by atoms with Gasteiger partial charge in [0.15, 0.2) is 0 Å². The van der Waals surface area contributed by atoms with Crippen LogP contribution in [0.25, 0.3) is 0 Å². The molecule has 48 valence electrons. The Morgan fingerprint density at radius 1 is 1.62 bits per heavy atom. The molecule has 0 saturated carbocycles. The van der Waals surface area contributed by atoms with Crippen LogP contribution < -0.4 is 5.11 Å². The Hall–Kier alpha value is -0.0800. The lowest BCUT2D eigenvalue weighted by Crippen LogP contribution is -2.38. The van der Waals surface area contributed by atoms with E-state index in [1.165, 1.54) is 0 Å². The third-order valence-corrected chi connectivity index (χ3v) is 1.55. The van der Waals surface area contributed by atoms with Gasteiger partial charge >= 0.3 is 0 Å². The monoisotopic (exact) mass is 115 g/mol. The van der Waals surface area contributed by atoms with E-state index >= 15 is 0 Å². The maximum Gasteiger partial charge on any atom is 0.0451 e. The molecule has 0 radical (unpaired) electrons. The Morgan fingerprint density at radius 3 is 2.75 bits per heavy atom. The van der Waals surface area contributed by atoms with Gasteiger partial charge in [0.25, 0.3) is 0 Å². The summed E-state index contributed by atoms with van der Waals surface area (Å²) in [5.74, 6) is 0.226. The Labute approximate surface area is 49.5 Å². The number of rotatable bonds is 0. The Kier molecular flexibility index (Phi) is 1.86. The molecule has 0 bridgehead atoms. The molecule has 0 aromatic heterocycles. The van der Waals surface area contributed by atoms with Crippen molar-refractivity contribution >= 4 is 0 Å². The highest BCUT2D eigenvalue weighted by Gasteiger charge is 2.10. The molecule has 2 nitrogen and oxygen atoms in total. The molecule has 1 aliphatic heterocycles. The van der Waals surface area contributed by atoms with Crippen LogP contribution >= 0.6 is 0 Å². The molecule has 1 saturated heterocycles. The van der Waals surface area contributed by atoms with Gasteiger partial charge in [0, 0.05) is 6.61 Å². The van der Waals surface area contributed by atoms with Gasteiger partial charge in [-0.15, -0.1) is 0 Å². The fourth-order valence-electron chi connectivity index (χ4n) is 0.905. The van der Waals surface area contributed by atoms with Crippen molar-refractivity contribution in [2.45, 2.75) is 26.1 Å². The highest BCUT2D eigenvalue weighted by molar-refractivity contribution is 4.59. The molecule has 0 aromatic rings. The zero-order valence-corrected chi connectivity index (χ0v) is 5.09. The van der Waals surface area contributed by atoms with Gasteiger partial charge in [-0.1, -0.05) is 6.92 Å². The number of ether oxygens (including phenoxy) is 1. The van der Waals surface area contributed by atoms with Crippen molar-refractivity contribution in [1.29, 1.82) is 0 Å². The molecule has 2 unspecified atom stereocenters. The predicted molar refractivity (Wildman–Crippen MR) is 28.1 cm³/mol. The minimum atomic E-state index is -0.747. The highest BCUT2D eigenvalue weighted by atomic mass is 16.6. The minimum Gasteiger partial charge on any atom is -0.831 e. The topological polar surface area (TPSA) is 32.3 Å². The number of hydrogen-bond donors (Lipinski definition) is 0. The first-order chi connectivity index (χ1) is 3.80. The lowest BCUT2D eigenvalue weighted by atomic mass is 10.0. The Morgan fingerprint density at radius 2 is 2.38 bits per heavy atom. The molecule has 1 aliphatic rings. The van der Waals surface area contributed by atoms with E-state index in [1.54, 1.807) is 0 Å². The zero-order valence-electron chi connectivity index (χ0n) is 5.09. The normalized spacial score (nSPS) is 39.8. The summed E-state index contributed by atoms with van der Waals surface area (Å²) in [7, 11) is 0. The van der Waals surface area contributed by atoms with Crippen molar-refractivity contribution in [1.82, 2.24) is 0 Å². The highest BCUT2D eigenvalue weighted by Crippen LogP contribution is 2.15. The second-order valence-electron chi connectivity index (χ2n) is 2.36. The van der Waals surface area contributed by atoms with Gasteiger partial charge in [-0.3, -0.25) is 0 Å². The lowest BCUT2D eigenvalue weighted by Gasteiger charge is -2.33. The van der Waals surface area contributed by atoms with E-state index in [0.717, 1.165) is 12.8 Å². The fraction of sp³-hybridized carbons (Fsp3) is 1.00. The van der Waals surface area contributed by atoms with Gasteiger partial charge in [0.1, 0.15) is 0 Å². The van der Waals surface area contributed by atoms with Crippen LogP contribution in [0.3, 0.4) is 0 Å². The summed E-state index contributed by atoms with van der Waals surface area (Å²) in [6.45, 7) is 2.61. The summed E-state index contributed by atoms with van der Waals surface area (Å²) in [6, 6.07) is 0. The third kappa shape index (κ3) is 1.20. The van der Waals surface area contributed by atoms with Crippen LogP contribution in [0.1, 0.15) is 19.8 Å². The molecule has 0 amide bonds. The van der Waals surface area contributed by atoms with Crippen LogP contribution in [0.2, 0.25) is 0 Å². The van der Waals surface area contributed by atoms with Gasteiger partial charge in [-0.2, -0.15) is 0 Å². The van der Waals surface area contributed by atoms with Crippen molar-refractivity contribution in [3.63, 3.8) is 0 Å². The van der Waals surface area contributed by atoms with Gasteiger partial charge in [-0.05, 0) is 25.0 Å². The van der Waals surface area contributed by atoms with E-state index in [4.69, 9.17) is 4.74 Å². The average Bonchev–Trinajstić information content (AvgIpc) is 1.77. The van der Waals surface area contributed by atoms with Crippen LogP contribution in [0, 0.1) is 5.92 Å². The predicted octanol–water partition coefficient (Wildman–Crippen LogP) is 0.119. The second-order valence-corrected chi connectivity index (χ2v) is 2.36. The standard InChI is InChI=1S/C6H11O2/c1-5-3-2-4-8-6(5)7/h5-6H,2-4H2,1H3/q-1. The van der Waals surface area contributed by atoms with Crippen LogP contribution in [0.15, 0.2) is 0 Å². The zero-order chi connectivity index (χ0) is 5.98. The molecule has 8 heavy (non-hydrogen) atoms. The van der Waals surface area contributed by atoms with E-state index < -0.39 is 6.29 Å². The first-order valence-corrected chi connectivity index (χ1v) is 3.08.